The summed E-state index contributed by atoms with van der Waals surface area (Å²) in [4.78, 5) is 30.6. The number of amides is 1. The summed E-state index contributed by atoms with van der Waals surface area (Å²) in [5.41, 5.74) is 0.919. The minimum Gasteiger partial charge on any atom is -0.494 e. The summed E-state index contributed by atoms with van der Waals surface area (Å²) in [5, 5.41) is 2.87. The Morgan fingerprint density at radius 1 is 0.917 bits per heavy atom. The van der Waals surface area contributed by atoms with E-state index in [1.165, 1.54) is 44.9 Å². The van der Waals surface area contributed by atoms with E-state index in [0.29, 0.717) is 19.4 Å². The van der Waals surface area contributed by atoms with E-state index >= 15 is 0 Å². The van der Waals surface area contributed by atoms with Gasteiger partial charge in [-0.15, -0.1) is 0 Å². The lowest BCUT2D eigenvalue weighted by Crippen LogP contribution is -2.39. The van der Waals surface area contributed by atoms with E-state index in [2.05, 4.69) is 28.9 Å². The maximum Gasteiger partial charge on any atom is 0.469 e. The van der Waals surface area contributed by atoms with Gasteiger partial charge in [0.2, 0.25) is 5.91 Å². The zero-order chi connectivity index (χ0) is 26.5. The molecule has 8 heteroatoms. The van der Waals surface area contributed by atoms with Crippen molar-refractivity contribution >= 4 is 13.7 Å². The van der Waals surface area contributed by atoms with E-state index in [-0.39, 0.29) is 12.5 Å². The number of rotatable bonds is 22. The fourth-order valence-corrected chi connectivity index (χ4v) is 4.37. The lowest BCUT2D eigenvalue weighted by molar-refractivity contribution is -0.122. The fourth-order valence-electron chi connectivity index (χ4n) is 3.99. The molecular weight excluding hydrogens is 477 g/mol. The van der Waals surface area contributed by atoms with E-state index in [9.17, 15) is 9.36 Å². The van der Waals surface area contributed by atoms with Crippen LogP contribution in [-0.2, 0) is 20.3 Å². The van der Waals surface area contributed by atoms with Gasteiger partial charge in [-0.3, -0.25) is 9.32 Å². The topological polar surface area (TPSA) is 105 Å². The third-order valence-corrected chi connectivity index (χ3v) is 6.43. The van der Waals surface area contributed by atoms with Crippen LogP contribution in [0.4, 0.5) is 0 Å². The Labute approximate surface area is 218 Å². The lowest BCUT2D eigenvalue weighted by atomic mass is 10.1. The first-order chi connectivity index (χ1) is 17.3. The quantitative estimate of drug-likeness (QED) is 0.0867. The molecule has 0 unspecified atom stereocenters. The van der Waals surface area contributed by atoms with Crippen molar-refractivity contribution in [3.05, 3.63) is 42.0 Å². The Kier molecular flexibility index (Phi) is 18.3. The van der Waals surface area contributed by atoms with E-state index < -0.39 is 13.9 Å². The van der Waals surface area contributed by atoms with Gasteiger partial charge in [-0.25, -0.2) is 4.57 Å². The molecule has 0 heterocycles. The van der Waals surface area contributed by atoms with Crippen LogP contribution in [0, 0.1) is 0 Å². The number of benzene rings is 1. The van der Waals surface area contributed by atoms with Crippen molar-refractivity contribution in [2.75, 3.05) is 13.2 Å². The Morgan fingerprint density at radius 3 is 2.08 bits per heavy atom. The van der Waals surface area contributed by atoms with Crippen molar-refractivity contribution in [1.82, 2.24) is 5.32 Å². The summed E-state index contributed by atoms with van der Waals surface area (Å²) in [7, 11) is -4.61. The van der Waals surface area contributed by atoms with Crippen LogP contribution in [-0.4, -0.2) is 34.9 Å². The second-order valence-corrected chi connectivity index (χ2v) is 10.6. The van der Waals surface area contributed by atoms with Gasteiger partial charge in [0.15, 0.2) is 0 Å². The number of hydrogen-bond acceptors (Lipinski definition) is 4. The molecule has 3 N–H and O–H groups in total. The van der Waals surface area contributed by atoms with Crippen LogP contribution in [0.2, 0.25) is 0 Å². The van der Waals surface area contributed by atoms with Crippen LogP contribution in [0.3, 0.4) is 0 Å². The molecule has 0 saturated carbocycles. The normalized spacial score (nSPS) is 12.7. The van der Waals surface area contributed by atoms with E-state index in [4.69, 9.17) is 14.5 Å². The van der Waals surface area contributed by atoms with Crippen LogP contribution in [0.5, 0.6) is 5.75 Å². The Hall–Kier alpha value is -1.66. The zero-order valence-corrected chi connectivity index (χ0v) is 23.2. The van der Waals surface area contributed by atoms with Crippen molar-refractivity contribution in [2.45, 2.75) is 110 Å². The van der Waals surface area contributed by atoms with Gasteiger partial charge >= 0.3 is 7.82 Å². The van der Waals surface area contributed by atoms with E-state index in [1.54, 1.807) is 0 Å². The average molecular weight is 526 g/mol. The molecule has 1 atom stereocenters. The molecule has 1 amide bonds. The van der Waals surface area contributed by atoms with Crippen LogP contribution >= 0.6 is 7.82 Å². The molecule has 1 rings (SSSR count). The number of ether oxygens (including phenoxy) is 1. The molecule has 1 aromatic carbocycles. The number of nitrogens with one attached hydrogen (secondary N) is 1. The van der Waals surface area contributed by atoms with Gasteiger partial charge in [0, 0.05) is 6.42 Å². The van der Waals surface area contributed by atoms with Crippen molar-refractivity contribution in [1.29, 1.82) is 0 Å². The van der Waals surface area contributed by atoms with Gasteiger partial charge in [0.05, 0.1) is 19.3 Å². The molecule has 36 heavy (non-hydrogen) atoms. The average Bonchev–Trinajstić information content (AvgIpc) is 2.83. The minimum atomic E-state index is -4.61. The molecule has 0 saturated heterocycles. The summed E-state index contributed by atoms with van der Waals surface area (Å²) >= 11 is 0. The summed E-state index contributed by atoms with van der Waals surface area (Å²) in [6, 6.07) is 6.91. The van der Waals surface area contributed by atoms with Crippen molar-refractivity contribution in [3.8, 4) is 5.75 Å². The smallest absolute Gasteiger partial charge is 0.469 e. The molecule has 0 aliphatic heterocycles. The largest absolute Gasteiger partial charge is 0.494 e. The molecule has 1 aromatic rings. The highest BCUT2D eigenvalue weighted by Crippen LogP contribution is 2.35. The van der Waals surface area contributed by atoms with Gasteiger partial charge in [-0.05, 0) is 63.1 Å². The molecule has 0 fully saturated rings. The molecule has 0 aliphatic rings. The molecule has 0 aromatic heterocycles. The third kappa shape index (κ3) is 18.6. The second kappa shape index (κ2) is 20.4. The highest BCUT2D eigenvalue weighted by atomic mass is 31.2. The van der Waals surface area contributed by atoms with E-state index in [1.807, 2.05) is 31.2 Å². The number of phosphoric ester groups is 1. The fraction of sp³-hybridized carbons (Fsp3) is 0.679. The van der Waals surface area contributed by atoms with Crippen molar-refractivity contribution in [2.24, 2.45) is 0 Å². The van der Waals surface area contributed by atoms with E-state index in [0.717, 1.165) is 43.4 Å². The van der Waals surface area contributed by atoms with Crippen LogP contribution in [0.15, 0.2) is 36.4 Å². The summed E-state index contributed by atoms with van der Waals surface area (Å²) in [6.07, 6.45) is 19.6. The first-order valence-electron chi connectivity index (χ1n) is 13.7. The summed E-state index contributed by atoms with van der Waals surface area (Å²) < 4.78 is 21.3. The third-order valence-electron chi connectivity index (χ3n) is 5.94. The van der Waals surface area contributed by atoms with Gasteiger partial charge < -0.3 is 19.8 Å². The first-order valence-corrected chi connectivity index (χ1v) is 15.2. The highest BCUT2D eigenvalue weighted by Gasteiger charge is 2.20. The van der Waals surface area contributed by atoms with Crippen LogP contribution in [0.25, 0.3) is 0 Å². The predicted octanol–water partition coefficient (Wildman–Crippen LogP) is 6.87. The molecular formula is C28H48NO6P. The predicted molar refractivity (Wildman–Crippen MR) is 146 cm³/mol. The summed E-state index contributed by atoms with van der Waals surface area (Å²) in [6.45, 7) is 4.47. The Balaban J connectivity index is 2.25. The molecule has 0 bridgehead atoms. The maximum atomic E-state index is 12.4. The Morgan fingerprint density at radius 2 is 1.50 bits per heavy atom. The molecule has 7 nitrogen and oxygen atoms in total. The van der Waals surface area contributed by atoms with Crippen molar-refractivity contribution in [3.63, 3.8) is 0 Å². The standard InChI is InChI=1S/C28H48NO6P/c1-3-5-6-7-8-9-10-11-12-13-14-15-16-17-18-28(30)29-26(24-35-36(31,32)33)23-25-19-21-27(22-20-25)34-4-2/h11-12,19-22,26H,3-10,13-18,23-24H2,1-2H3,(H,29,30)(H2,31,32,33)/b12-11-/t26-/m1/s1. The monoisotopic (exact) mass is 525 g/mol. The van der Waals surface area contributed by atoms with Crippen LogP contribution in [0.1, 0.15) is 103 Å². The van der Waals surface area contributed by atoms with Crippen molar-refractivity contribution < 1.29 is 28.4 Å². The van der Waals surface area contributed by atoms with Gasteiger partial charge in [0.25, 0.3) is 0 Å². The first kappa shape index (κ1) is 32.4. The second-order valence-electron chi connectivity index (χ2n) is 9.31. The number of unbranched alkanes of at least 4 members (excludes halogenated alkanes) is 10. The molecule has 0 spiro atoms. The van der Waals surface area contributed by atoms with Crippen LogP contribution < -0.4 is 10.1 Å². The summed E-state index contributed by atoms with van der Waals surface area (Å²) in [5.74, 6) is 0.626. The van der Waals surface area contributed by atoms with Gasteiger partial charge in [-0.2, -0.15) is 0 Å². The lowest BCUT2D eigenvalue weighted by Gasteiger charge is -2.19. The number of allylic oxidation sites excluding steroid dienone is 2. The Bertz CT molecular complexity index is 762. The van der Waals surface area contributed by atoms with Gasteiger partial charge in [-0.1, -0.05) is 76.2 Å². The molecule has 0 radical (unpaired) electrons. The zero-order valence-electron chi connectivity index (χ0n) is 22.3. The molecule has 0 aliphatic carbocycles. The highest BCUT2D eigenvalue weighted by molar-refractivity contribution is 7.46. The van der Waals surface area contributed by atoms with Gasteiger partial charge in [0.1, 0.15) is 5.75 Å². The SMILES string of the molecule is CCCCCCCC/C=C\CCCCCCC(=O)N[C@@H](COP(=O)(O)O)Cc1ccc(OCC)cc1. The number of phosphoric acid groups is 1. The molecule has 206 valence electrons. The maximum absolute atomic E-state index is 12.4. The minimum absolute atomic E-state index is 0.126. The number of carbonyl (C=O) groups excluding carboxylic acids is 1. The number of carbonyl (C=O) groups is 1. The number of hydrogen-bond donors (Lipinski definition) is 3.